The summed E-state index contributed by atoms with van der Waals surface area (Å²) < 4.78 is 17.5. The van der Waals surface area contributed by atoms with Crippen molar-refractivity contribution in [3.05, 3.63) is 42.0 Å². The maximum Gasteiger partial charge on any atom is 0.328 e. The van der Waals surface area contributed by atoms with Gasteiger partial charge in [-0.3, -0.25) is 0 Å². The van der Waals surface area contributed by atoms with Crippen molar-refractivity contribution in [2.75, 3.05) is 7.11 Å². The average molecular weight is 381 g/mol. The van der Waals surface area contributed by atoms with E-state index in [1.54, 1.807) is 13.2 Å². The van der Waals surface area contributed by atoms with E-state index in [1.165, 1.54) is 0 Å². The molecule has 26 heavy (non-hydrogen) atoms. The molecule has 1 rings (SSSR count). The van der Waals surface area contributed by atoms with Crippen LogP contribution in [-0.2, 0) is 20.6 Å². The van der Waals surface area contributed by atoms with E-state index in [-0.39, 0.29) is 11.1 Å². The molecule has 1 aromatic rings. The largest absolute Gasteiger partial charge is 0.497 e. The van der Waals surface area contributed by atoms with Gasteiger partial charge in [0.2, 0.25) is 0 Å². The first-order valence-electron chi connectivity index (χ1n) is 8.80. The molecule has 0 aliphatic carbocycles. The molecule has 0 saturated heterocycles. The van der Waals surface area contributed by atoms with E-state index in [4.69, 9.17) is 19.0 Å². The molecule has 2 atom stereocenters. The fourth-order valence-electron chi connectivity index (χ4n) is 2.15. The highest BCUT2D eigenvalue weighted by molar-refractivity contribution is 6.74. The van der Waals surface area contributed by atoms with E-state index in [9.17, 15) is 4.79 Å². The predicted octanol–water partition coefficient (Wildman–Crippen LogP) is 4.63. The first kappa shape index (κ1) is 22.4. The molecule has 1 aromatic carbocycles. The van der Waals surface area contributed by atoms with Crippen LogP contribution in [0.25, 0.3) is 0 Å². The van der Waals surface area contributed by atoms with E-state index < -0.39 is 20.4 Å². The van der Waals surface area contributed by atoms with Crippen molar-refractivity contribution in [1.82, 2.24) is 0 Å². The summed E-state index contributed by atoms with van der Waals surface area (Å²) in [6, 6.07) is 7.60. The lowest BCUT2D eigenvalue weighted by Gasteiger charge is -2.39. The second-order valence-electron chi connectivity index (χ2n) is 7.90. The topological polar surface area (TPSA) is 65.0 Å². The number of ether oxygens (including phenoxy) is 2. The van der Waals surface area contributed by atoms with Gasteiger partial charge in [0.05, 0.1) is 19.8 Å². The molecule has 0 radical (unpaired) electrons. The number of carboxylic acid groups (broad SMARTS) is 1. The van der Waals surface area contributed by atoms with Crippen LogP contribution in [0.5, 0.6) is 5.75 Å². The number of methoxy groups -OCH3 is 1. The van der Waals surface area contributed by atoms with Gasteiger partial charge < -0.3 is 19.0 Å². The van der Waals surface area contributed by atoms with Crippen LogP contribution in [-0.4, -0.2) is 38.7 Å². The Kier molecular flexibility index (Phi) is 8.05. The van der Waals surface area contributed by atoms with Crippen LogP contribution < -0.4 is 4.74 Å². The summed E-state index contributed by atoms with van der Waals surface area (Å²) in [5.41, 5.74) is 0.985. The van der Waals surface area contributed by atoms with Gasteiger partial charge in [-0.25, -0.2) is 4.79 Å². The molecule has 0 bridgehead atoms. The number of hydrogen-bond acceptors (Lipinski definition) is 4. The van der Waals surface area contributed by atoms with Crippen molar-refractivity contribution in [3.63, 3.8) is 0 Å². The molecule has 0 heterocycles. The molecule has 1 N–H and O–H groups in total. The fraction of sp³-hybridized carbons (Fsp3) is 0.550. The molecular weight excluding hydrogens is 348 g/mol. The van der Waals surface area contributed by atoms with Gasteiger partial charge in [-0.05, 0) is 48.8 Å². The molecule has 0 unspecified atom stereocenters. The van der Waals surface area contributed by atoms with E-state index in [0.29, 0.717) is 6.61 Å². The Labute approximate surface area is 158 Å². The monoisotopic (exact) mass is 380 g/mol. The smallest absolute Gasteiger partial charge is 0.328 e. The highest BCUT2D eigenvalue weighted by Crippen LogP contribution is 2.37. The van der Waals surface area contributed by atoms with Crippen LogP contribution in [0.1, 0.15) is 33.3 Å². The summed E-state index contributed by atoms with van der Waals surface area (Å²) in [6.07, 6.45) is 1.99. The van der Waals surface area contributed by atoms with Crippen LogP contribution in [0, 0.1) is 0 Å². The van der Waals surface area contributed by atoms with E-state index in [0.717, 1.165) is 17.4 Å². The second kappa shape index (κ2) is 9.35. The van der Waals surface area contributed by atoms with Gasteiger partial charge in [-0.15, -0.1) is 0 Å². The number of carbonyl (C=O) groups is 1. The number of aliphatic carboxylic acids is 1. The molecule has 0 aromatic heterocycles. The minimum atomic E-state index is -1.99. The highest BCUT2D eigenvalue weighted by atomic mass is 28.4. The molecule has 5 nitrogen and oxygen atoms in total. The summed E-state index contributed by atoms with van der Waals surface area (Å²) in [5, 5.41) is 9.03. The lowest BCUT2D eigenvalue weighted by molar-refractivity contribution is -0.131. The Morgan fingerprint density at radius 1 is 1.23 bits per heavy atom. The third-order valence-corrected chi connectivity index (χ3v) is 9.35. The standard InChI is InChI=1S/C20H32O5Si/c1-15(25-26(6,7)20(2,3)4)18(12-13-19(21)22)24-14-16-8-10-17(23-5)11-9-16/h8-13,15,18H,14H2,1-7H3,(H,21,22)/b13-12+/t15-,18-/m1/s1. The van der Waals surface area contributed by atoms with Gasteiger partial charge in [0.1, 0.15) is 11.9 Å². The first-order chi connectivity index (χ1) is 12.0. The lowest BCUT2D eigenvalue weighted by Crippen LogP contribution is -2.46. The average Bonchev–Trinajstić information content (AvgIpc) is 2.53. The second-order valence-corrected chi connectivity index (χ2v) is 12.7. The van der Waals surface area contributed by atoms with Crippen LogP contribution in [0.15, 0.2) is 36.4 Å². The van der Waals surface area contributed by atoms with Crippen LogP contribution in [0.4, 0.5) is 0 Å². The number of rotatable bonds is 9. The van der Waals surface area contributed by atoms with Crippen molar-refractivity contribution < 1.29 is 23.8 Å². The van der Waals surface area contributed by atoms with Crippen molar-refractivity contribution in [1.29, 1.82) is 0 Å². The first-order valence-corrected chi connectivity index (χ1v) is 11.7. The molecular formula is C20H32O5Si. The maximum absolute atomic E-state index is 10.9. The summed E-state index contributed by atoms with van der Waals surface area (Å²) in [5.74, 6) is -0.215. The van der Waals surface area contributed by atoms with Gasteiger partial charge in [0.15, 0.2) is 8.32 Å². The Hall–Kier alpha value is -1.63. The van der Waals surface area contributed by atoms with Gasteiger partial charge in [-0.2, -0.15) is 0 Å². The Morgan fingerprint density at radius 3 is 2.27 bits per heavy atom. The molecule has 0 amide bonds. The minimum absolute atomic E-state index is 0.0678. The zero-order chi connectivity index (χ0) is 20.0. The van der Waals surface area contributed by atoms with Gasteiger partial charge in [-0.1, -0.05) is 32.9 Å². The van der Waals surface area contributed by atoms with Crippen molar-refractivity contribution >= 4 is 14.3 Å². The van der Waals surface area contributed by atoms with Gasteiger partial charge in [0, 0.05) is 6.08 Å². The quantitative estimate of drug-likeness (QED) is 0.500. The Morgan fingerprint density at radius 2 is 1.81 bits per heavy atom. The molecule has 0 saturated carbocycles. The third-order valence-electron chi connectivity index (χ3n) is 4.78. The lowest BCUT2D eigenvalue weighted by atomic mass is 10.2. The third kappa shape index (κ3) is 6.94. The van der Waals surface area contributed by atoms with Crippen LogP contribution in [0.2, 0.25) is 18.1 Å². The number of benzene rings is 1. The summed E-state index contributed by atoms with van der Waals surface area (Å²) >= 11 is 0. The molecule has 0 spiro atoms. The van der Waals surface area contributed by atoms with Crippen molar-refractivity contribution in [3.8, 4) is 5.75 Å². The summed E-state index contributed by atoms with van der Waals surface area (Å²) in [6.45, 7) is 13.2. The highest BCUT2D eigenvalue weighted by Gasteiger charge is 2.39. The Bertz CT molecular complexity index is 602. The maximum atomic E-state index is 10.9. The van der Waals surface area contributed by atoms with Gasteiger partial charge >= 0.3 is 5.97 Å². The molecule has 146 valence electrons. The van der Waals surface area contributed by atoms with Crippen molar-refractivity contribution in [2.24, 2.45) is 0 Å². The predicted molar refractivity (Wildman–Crippen MR) is 106 cm³/mol. The zero-order valence-electron chi connectivity index (χ0n) is 16.9. The summed E-state index contributed by atoms with van der Waals surface area (Å²) in [4.78, 5) is 10.9. The molecule has 0 aliphatic rings. The Balaban J connectivity index is 2.84. The number of hydrogen-bond donors (Lipinski definition) is 1. The van der Waals surface area contributed by atoms with Crippen molar-refractivity contribution in [2.45, 2.75) is 64.6 Å². The zero-order valence-corrected chi connectivity index (χ0v) is 17.9. The van der Waals surface area contributed by atoms with Gasteiger partial charge in [0.25, 0.3) is 0 Å². The van der Waals surface area contributed by atoms with Crippen LogP contribution in [0.3, 0.4) is 0 Å². The van der Waals surface area contributed by atoms with E-state index in [1.807, 2.05) is 31.2 Å². The van der Waals surface area contributed by atoms with E-state index >= 15 is 0 Å². The minimum Gasteiger partial charge on any atom is -0.497 e. The van der Waals surface area contributed by atoms with Crippen LogP contribution >= 0.6 is 0 Å². The fourth-order valence-corrected chi connectivity index (χ4v) is 3.56. The summed E-state index contributed by atoms with van der Waals surface area (Å²) in [7, 11) is -0.362. The molecule has 0 fully saturated rings. The number of carboxylic acids is 1. The molecule has 0 aliphatic heterocycles. The SMILES string of the molecule is COc1ccc(CO[C@H](/C=C/C(=O)O)[C@@H](C)O[Si](C)(C)C(C)(C)C)cc1. The molecule has 6 heteroatoms. The normalized spacial score (nSPS) is 15.0. The van der Waals surface area contributed by atoms with E-state index in [2.05, 4.69) is 33.9 Å².